The summed E-state index contributed by atoms with van der Waals surface area (Å²) < 4.78 is 11.2. The van der Waals surface area contributed by atoms with Crippen molar-refractivity contribution in [1.29, 1.82) is 0 Å². The zero-order chi connectivity index (χ0) is 15.0. The topological polar surface area (TPSA) is 73.6 Å². The first-order chi connectivity index (χ1) is 9.23. The van der Waals surface area contributed by atoms with Gasteiger partial charge in [0.25, 0.3) is 0 Å². The van der Waals surface area contributed by atoms with E-state index in [1.807, 2.05) is 20.8 Å². The molecule has 2 saturated heterocycles. The minimum Gasteiger partial charge on any atom is -0.444 e. The van der Waals surface area contributed by atoms with Crippen molar-refractivity contribution in [2.45, 2.75) is 64.8 Å². The van der Waals surface area contributed by atoms with Crippen molar-refractivity contribution in [2.24, 2.45) is 17.1 Å². The van der Waals surface area contributed by atoms with Crippen LogP contribution in [0.15, 0.2) is 0 Å². The number of hydrogen-bond acceptors (Lipinski definition) is 4. The van der Waals surface area contributed by atoms with Crippen molar-refractivity contribution in [3.63, 3.8) is 0 Å². The van der Waals surface area contributed by atoms with Crippen LogP contribution < -0.4 is 11.1 Å². The maximum Gasteiger partial charge on any atom is 0.407 e. The second-order valence-corrected chi connectivity index (χ2v) is 7.43. The van der Waals surface area contributed by atoms with Crippen molar-refractivity contribution in [1.82, 2.24) is 5.32 Å². The molecule has 0 aromatic rings. The summed E-state index contributed by atoms with van der Waals surface area (Å²) in [5, 5.41) is 2.87. The Hall–Kier alpha value is -0.810. The summed E-state index contributed by atoms with van der Waals surface area (Å²) in [5.74, 6) is 0.432. The Labute approximate surface area is 121 Å². The molecule has 116 valence electrons. The van der Waals surface area contributed by atoms with Crippen molar-refractivity contribution < 1.29 is 14.3 Å². The van der Waals surface area contributed by atoms with Crippen molar-refractivity contribution in [3.8, 4) is 0 Å². The van der Waals surface area contributed by atoms with Crippen LogP contribution in [0.25, 0.3) is 0 Å². The highest BCUT2D eigenvalue weighted by Crippen LogP contribution is 2.46. The molecule has 0 aromatic carbocycles. The van der Waals surface area contributed by atoms with Crippen LogP contribution in [0.4, 0.5) is 4.79 Å². The molecule has 4 unspecified atom stereocenters. The first kappa shape index (κ1) is 15.6. The third-order valence-corrected chi connectivity index (χ3v) is 4.50. The normalized spacial score (nSPS) is 31.9. The number of ether oxygens (including phenoxy) is 2. The second-order valence-electron chi connectivity index (χ2n) is 7.43. The zero-order valence-electron chi connectivity index (χ0n) is 13.1. The number of rotatable bonds is 4. The fraction of sp³-hybridized carbons (Fsp3) is 0.933. The van der Waals surface area contributed by atoms with Gasteiger partial charge in [-0.3, -0.25) is 0 Å². The molecule has 2 bridgehead atoms. The van der Waals surface area contributed by atoms with Crippen molar-refractivity contribution >= 4 is 6.09 Å². The SMILES string of the molecule is CC(C)(C)OC(=O)NCC(C)(CN)C1CC2CCC1O2. The van der Waals surface area contributed by atoms with Crippen LogP contribution in [0.1, 0.15) is 47.0 Å². The number of carbonyl (C=O) groups is 1. The lowest BCUT2D eigenvalue weighted by molar-refractivity contribution is 0.0405. The van der Waals surface area contributed by atoms with E-state index in [2.05, 4.69) is 12.2 Å². The Morgan fingerprint density at radius 3 is 2.50 bits per heavy atom. The highest BCUT2D eigenvalue weighted by atomic mass is 16.6. The maximum absolute atomic E-state index is 11.8. The first-order valence-electron chi connectivity index (χ1n) is 7.56. The number of amides is 1. The molecule has 5 nitrogen and oxygen atoms in total. The first-order valence-corrected chi connectivity index (χ1v) is 7.56. The lowest BCUT2D eigenvalue weighted by atomic mass is 9.69. The summed E-state index contributed by atoms with van der Waals surface area (Å²) in [7, 11) is 0. The van der Waals surface area contributed by atoms with E-state index in [0.717, 1.165) is 12.8 Å². The number of fused-ring (bicyclic) bond motifs is 2. The van der Waals surface area contributed by atoms with Gasteiger partial charge < -0.3 is 20.5 Å². The molecule has 4 atom stereocenters. The lowest BCUT2D eigenvalue weighted by Gasteiger charge is -2.38. The van der Waals surface area contributed by atoms with Crippen molar-refractivity contribution in [2.75, 3.05) is 13.1 Å². The molecule has 20 heavy (non-hydrogen) atoms. The maximum atomic E-state index is 11.8. The number of carbonyl (C=O) groups excluding carboxylic acids is 1. The van der Waals surface area contributed by atoms with E-state index in [1.54, 1.807) is 0 Å². The summed E-state index contributed by atoms with van der Waals surface area (Å²) in [6.07, 6.45) is 3.69. The Morgan fingerprint density at radius 2 is 2.05 bits per heavy atom. The zero-order valence-corrected chi connectivity index (χ0v) is 13.1. The summed E-state index contributed by atoms with van der Waals surface area (Å²) >= 11 is 0. The van der Waals surface area contributed by atoms with Crippen LogP contribution in [-0.4, -0.2) is 37.0 Å². The van der Waals surface area contributed by atoms with Gasteiger partial charge >= 0.3 is 6.09 Å². The minimum atomic E-state index is -0.473. The lowest BCUT2D eigenvalue weighted by Crippen LogP contribution is -2.49. The van der Waals surface area contributed by atoms with E-state index in [0.29, 0.717) is 31.2 Å². The predicted molar refractivity (Wildman–Crippen MR) is 77.4 cm³/mol. The summed E-state index contributed by atoms with van der Waals surface area (Å²) in [5.41, 5.74) is 5.38. The molecule has 2 fully saturated rings. The monoisotopic (exact) mass is 284 g/mol. The molecule has 2 aliphatic rings. The minimum absolute atomic E-state index is 0.128. The van der Waals surface area contributed by atoms with E-state index in [-0.39, 0.29) is 11.5 Å². The van der Waals surface area contributed by atoms with Crippen LogP contribution in [0.3, 0.4) is 0 Å². The molecule has 0 aromatic heterocycles. The Morgan fingerprint density at radius 1 is 1.35 bits per heavy atom. The van der Waals surface area contributed by atoms with Crippen LogP contribution in [0.5, 0.6) is 0 Å². The molecule has 0 spiro atoms. The van der Waals surface area contributed by atoms with Gasteiger partial charge in [-0.2, -0.15) is 0 Å². The second kappa shape index (κ2) is 5.53. The fourth-order valence-corrected chi connectivity index (χ4v) is 3.31. The Bertz CT molecular complexity index is 367. The molecule has 0 saturated carbocycles. The summed E-state index contributed by atoms with van der Waals surface area (Å²) in [6.45, 7) is 8.80. The van der Waals surface area contributed by atoms with Gasteiger partial charge in [0.1, 0.15) is 5.60 Å². The molecule has 2 heterocycles. The van der Waals surface area contributed by atoms with Crippen LogP contribution in [0, 0.1) is 11.3 Å². The van der Waals surface area contributed by atoms with Gasteiger partial charge in [-0.05, 0) is 52.5 Å². The standard InChI is InChI=1S/C15H28N2O3/c1-14(2,3)20-13(18)17-9-15(4,8-16)11-7-10-5-6-12(11)19-10/h10-12H,5-9,16H2,1-4H3,(H,17,18). The van der Waals surface area contributed by atoms with E-state index < -0.39 is 5.60 Å². The quantitative estimate of drug-likeness (QED) is 0.828. The molecule has 0 aliphatic carbocycles. The third kappa shape index (κ3) is 3.44. The average Bonchev–Trinajstić information content (AvgIpc) is 2.96. The molecule has 0 radical (unpaired) electrons. The van der Waals surface area contributed by atoms with E-state index in [1.165, 1.54) is 6.42 Å². The highest BCUT2D eigenvalue weighted by molar-refractivity contribution is 5.67. The summed E-state index contributed by atoms with van der Waals surface area (Å²) in [6, 6.07) is 0. The largest absolute Gasteiger partial charge is 0.444 e. The van der Waals surface area contributed by atoms with Gasteiger partial charge in [-0.15, -0.1) is 0 Å². The van der Waals surface area contributed by atoms with Crippen LogP contribution in [-0.2, 0) is 9.47 Å². The van der Waals surface area contributed by atoms with Crippen LogP contribution >= 0.6 is 0 Å². The fourth-order valence-electron chi connectivity index (χ4n) is 3.31. The van der Waals surface area contributed by atoms with Crippen molar-refractivity contribution in [3.05, 3.63) is 0 Å². The van der Waals surface area contributed by atoms with Gasteiger partial charge in [0.15, 0.2) is 0 Å². The molecule has 5 heteroatoms. The predicted octanol–water partition coefficient (Wildman–Crippen LogP) is 2.04. The van der Waals surface area contributed by atoms with Gasteiger partial charge in [-0.25, -0.2) is 4.79 Å². The molecule has 2 rings (SSSR count). The van der Waals surface area contributed by atoms with E-state index >= 15 is 0 Å². The van der Waals surface area contributed by atoms with Crippen LogP contribution in [0.2, 0.25) is 0 Å². The van der Waals surface area contributed by atoms with E-state index in [4.69, 9.17) is 15.2 Å². The Kier molecular flexibility index (Phi) is 4.30. The molecular weight excluding hydrogens is 256 g/mol. The Balaban J connectivity index is 1.90. The molecule has 3 N–H and O–H groups in total. The van der Waals surface area contributed by atoms with Gasteiger partial charge in [0.2, 0.25) is 0 Å². The van der Waals surface area contributed by atoms with Gasteiger partial charge in [0, 0.05) is 12.0 Å². The number of nitrogens with two attached hydrogens (primary N) is 1. The highest BCUT2D eigenvalue weighted by Gasteiger charge is 2.49. The molecular formula is C15H28N2O3. The van der Waals surface area contributed by atoms with E-state index in [9.17, 15) is 4.79 Å². The van der Waals surface area contributed by atoms with Gasteiger partial charge in [0.05, 0.1) is 12.2 Å². The molecule has 2 aliphatic heterocycles. The summed E-state index contributed by atoms with van der Waals surface area (Å²) in [4.78, 5) is 11.8. The average molecular weight is 284 g/mol. The van der Waals surface area contributed by atoms with Gasteiger partial charge in [-0.1, -0.05) is 6.92 Å². The molecule has 1 amide bonds. The number of nitrogens with one attached hydrogen (secondary N) is 1. The number of alkyl carbamates (subject to hydrolysis) is 1. The number of hydrogen-bond donors (Lipinski definition) is 2. The smallest absolute Gasteiger partial charge is 0.407 e. The third-order valence-electron chi connectivity index (χ3n) is 4.50.